The van der Waals surface area contributed by atoms with Gasteiger partial charge in [0.05, 0.1) is 25.5 Å². The molecule has 8 nitrogen and oxygen atoms in total. The van der Waals surface area contributed by atoms with Crippen molar-refractivity contribution in [2.45, 2.75) is 26.7 Å². The smallest absolute Gasteiger partial charge is 0.351 e. The lowest BCUT2D eigenvalue weighted by molar-refractivity contribution is -0.147. The third-order valence-electron chi connectivity index (χ3n) is 3.97. The first-order valence-corrected chi connectivity index (χ1v) is 9.45. The van der Waals surface area contributed by atoms with Crippen LogP contribution in [0.1, 0.15) is 26.7 Å². The highest BCUT2D eigenvalue weighted by Gasteiger charge is 2.36. The van der Waals surface area contributed by atoms with Crippen LogP contribution < -0.4 is 9.64 Å². The lowest BCUT2D eigenvalue weighted by Crippen LogP contribution is -2.30. The van der Waals surface area contributed by atoms with E-state index in [9.17, 15) is 14.4 Å². The summed E-state index contributed by atoms with van der Waals surface area (Å²) >= 11 is 0. The van der Waals surface area contributed by atoms with Crippen molar-refractivity contribution in [2.75, 3.05) is 31.3 Å². The first kappa shape index (κ1) is 22.0. The molecule has 0 saturated heterocycles. The van der Waals surface area contributed by atoms with Gasteiger partial charge in [-0.1, -0.05) is 18.7 Å². The summed E-state index contributed by atoms with van der Waals surface area (Å²) in [4.78, 5) is 37.8. The molecule has 0 amide bonds. The third-order valence-corrected chi connectivity index (χ3v) is 3.97. The van der Waals surface area contributed by atoms with Crippen molar-refractivity contribution in [2.24, 2.45) is 0 Å². The molecular weight excluding hydrogens is 378 g/mol. The standard InChI is InChI=1S/C21H25NO7/c1-4-17(23)28-14-10-9-13-22-15-11-7-8-12-16(15)29-19(22)18(20(24)26-5-2)21(25)27-6-3/h4,7-8,11-12H,1,5-6,9-10,13-14H2,2-3H3. The van der Waals surface area contributed by atoms with Crippen molar-refractivity contribution in [3.63, 3.8) is 0 Å². The minimum absolute atomic E-state index is 0.0752. The quantitative estimate of drug-likeness (QED) is 0.147. The van der Waals surface area contributed by atoms with Crippen LogP contribution in [0.25, 0.3) is 0 Å². The van der Waals surface area contributed by atoms with Crippen molar-refractivity contribution >= 4 is 23.6 Å². The van der Waals surface area contributed by atoms with Gasteiger partial charge in [-0.2, -0.15) is 0 Å². The minimum Gasteiger partial charge on any atom is -0.463 e. The Morgan fingerprint density at radius 2 is 1.69 bits per heavy atom. The number of esters is 3. The lowest BCUT2D eigenvalue weighted by atomic mass is 10.2. The van der Waals surface area contributed by atoms with Gasteiger partial charge in [-0.05, 0) is 38.8 Å². The van der Waals surface area contributed by atoms with Gasteiger partial charge in [0.25, 0.3) is 0 Å². The van der Waals surface area contributed by atoms with Crippen LogP contribution >= 0.6 is 0 Å². The maximum Gasteiger partial charge on any atom is 0.351 e. The lowest BCUT2D eigenvalue weighted by Gasteiger charge is -2.20. The molecule has 0 bridgehead atoms. The van der Waals surface area contributed by atoms with Gasteiger partial charge in [0.2, 0.25) is 11.5 Å². The van der Waals surface area contributed by atoms with E-state index in [1.54, 1.807) is 30.9 Å². The van der Waals surface area contributed by atoms with Crippen LogP contribution in [-0.4, -0.2) is 44.3 Å². The van der Waals surface area contributed by atoms with Crippen LogP contribution in [0.15, 0.2) is 48.4 Å². The van der Waals surface area contributed by atoms with Crippen LogP contribution in [0.3, 0.4) is 0 Å². The van der Waals surface area contributed by atoms with Gasteiger partial charge >= 0.3 is 17.9 Å². The predicted octanol–water partition coefficient (Wildman–Crippen LogP) is 2.73. The Morgan fingerprint density at radius 1 is 1.03 bits per heavy atom. The summed E-state index contributed by atoms with van der Waals surface area (Å²) in [5, 5.41) is 0. The molecule has 8 heteroatoms. The zero-order chi connectivity index (χ0) is 21.2. The number of hydrogen-bond donors (Lipinski definition) is 0. The highest BCUT2D eigenvalue weighted by Crippen LogP contribution is 2.40. The molecule has 0 aromatic heterocycles. The molecule has 0 spiro atoms. The largest absolute Gasteiger partial charge is 0.463 e. The number of unbranched alkanes of at least 4 members (excludes halogenated alkanes) is 1. The molecule has 0 fully saturated rings. The summed E-state index contributed by atoms with van der Waals surface area (Å²) in [6.07, 6.45) is 2.31. The molecular formula is C21H25NO7. The summed E-state index contributed by atoms with van der Waals surface area (Å²) in [6.45, 7) is 7.53. The van der Waals surface area contributed by atoms with Gasteiger partial charge in [-0.15, -0.1) is 0 Å². The molecule has 0 unspecified atom stereocenters. The number of nitrogens with zero attached hydrogens (tertiary/aromatic N) is 1. The van der Waals surface area contributed by atoms with Crippen LogP contribution in [0.4, 0.5) is 5.69 Å². The first-order valence-electron chi connectivity index (χ1n) is 9.45. The maximum absolute atomic E-state index is 12.5. The average Bonchev–Trinajstić information content (AvgIpc) is 3.06. The van der Waals surface area contributed by atoms with Crippen molar-refractivity contribution in [1.82, 2.24) is 0 Å². The average molecular weight is 403 g/mol. The van der Waals surface area contributed by atoms with E-state index in [1.807, 2.05) is 12.1 Å². The highest BCUT2D eigenvalue weighted by molar-refractivity contribution is 6.15. The Hall–Kier alpha value is -3.29. The van der Waals surface area contributed by atoms with Crippen LogP contribution in [0.2, 0.25) is 0 Å². The molecule has 1 aliphatic rings. The zero-order valence-corrected chi connectivity index (χ0v) is 16.6. The van der Waals surface area contributed by atoms with E-state index >= 15 is 0 Å². The number of carbonyl (C=O) groups excluding carboxylic acids is 3. The maximum atomic E-state index is 12.5. The number of carbonyl (C=O) groups is 3. The van der Waals surface area contributed by atoms with E-state index in [0.29, 0.717) is 25.1 Å². The first-order chi connectivity index (χ1) is 14.0. The molecule has 0 atom stereocenters. The minimum atomic E-state index is -0.807. The number of anilines is 1. The van der Waals surface area contributed by atoms with E-state index in [-0.39, 0.29) is 31.3 Å². The van der Waals surface area contributed by atoms with E-state index < -0.39 is 17.9 Å². The Balaban J connectivity index is 2.27. The molecule has 1 aromatic carbocycles. The molecule has 0 saturated carbocycles. The van der Waals surface area contributed by atoms with E-state index in [0.717, 1.165) is 11.8 Å². The second-order valence-corrected chi connectivity index (χ2v) is 5.92. The van der Waals surface area contributed by atoms with Crippen molar-refractivity contribution in [3.05, 3.63) is 48.4 Å². The molecule has 2 rings (SSSR count). The summed E-state index contributed by atoms with van der Waals surface area (Å²) in [5.74, 6) is -1.50. The van der Waals surface area contributed by atoms with Gasteiger partial charge in [0.15, 0.2) is 5.75 Å². The number of rotatable bonds is 10. The molecule has 0 aliphatic carbocycles. The van der Waals surface area contributed by atoms with Crippen LogP contribution in [0, 0.1) is 0 Å². The number of hydrogen-bond acceptors (Lipinski definition) is 8. The summed E-state index contributed by atoms with van der Waals surface area (Å²) < 4.78 is 20.9. The number of para-hydroxylation sites is 2. The van der Waals surface area contributed by atoms with Gasteiger partial charge in [-0.3, -0.25) is 0 Å². The molecule has 29 heavy (non-hydrogen) atoms. The normalized spacial score (nSPS) is 11.9. The summed E-state index contributed by atoms with van der Waals surface area (Å²) in [7, 11) is 0. The zero-order valence-electron chi connectivity index (χ0n) is 16.6. The fourth-order valence-electron chi connectivity index (χ4n) is 2.71. The molecule has 1 aromatic rings. The fraction of sp³-hybridized carbons (Fsp3) is 0.381. The second-order valence-electron chi connectivity index (χ2n) is 5.92. The van der Waals surface area contributed by atoms with Crippen LogP contribution in [-0.2, 0) is 28.6 Å². The molecule has 0 N–H and O–H groups in total. The summed E-state index contributed by atoms with van der Waals surface area (Å²) in [6, 6.07) is 7.20. The fourth-order valence-corrected chi connectivity index (χ4v) is 2.71. The Kier molecular flexibility index (Phi) is 8.27. The van der Waals surface area contributed by atoms with Crippen molar-refractivity contribution in [3.8, 4) is 5.75 Å². The van der Waals surface area contributed by atoms with Crippen molar-refractivity contribution < 1.29 is 33.3 Å². The SMILES string of the molecule is C=CC(=O)OCCCCN1C(=C(C(=O)OCC)C(=O)OCC)Oc2ccccc21. The van der Waals surface area contributed by atoms with Crippen LogP contribution in [0.5, 0.6) is 5.75 Å². The van der Waals surface area contributed by atoms with Gasteiger partial charge in [-0.25, -0.2) is 14.4 Å². The topological polar surface area (TPSA) is 91.4 Å². The Bertz CT molecular complexity index is 780. The van der Waals surface area contributed by atoms with E-state index in [2.05, 4.69) is 6.58 Å². The monoisotopic (exact) mass is 403 g/mol. The Labute approximate surface area is 169 Å². The van der Waals surface area contributed by atoms with Gasteiger partial charge in [0.1, 0.15) is 0 Å². The van der Waals surface area contributed by atoms with Gasteiger partial charge < -0.3 is 23.8 Å². The molecule has 1 heterocycles. The predicted molar refractivity (Wildman–Crippen MR) is 105 cm³/mol. The number of ether oxygens (including phenoxy) is 4. The third kappa shape index (κ3) is 5.60. The molecule has 156 valence electrons. The van der Waals surface area contributed by atoms with E-state index in [4.69, 9.17) is 18.9 Å². The van der Waals surface area contributed by atoms with E-state index in [1.165, 1.54) is 0 Å². The second kappa shape index (κ2) is 10.9. The number of fused-ring (bicyclic) bond motifs is 1. The highest BCUT2D eigenvalue weighted by atomic mass is 16.6. The summed E-state index contributed by atoms with van der Waals surface area (Å²) in [5.41, 5.74) is 0.430. The molecule has 0 radical (unpaired) electrons. The van der Waals surface area contributed by atoms with Crippen molar-refractivity contribution in [1.29, 1.82) is 0 Å². The molecule has 1 aliphatic heterocycles. The number of benzene rings is 1. The Morgan fingerprint density at radius 3 is 2.31 bits per heavy atom. The van der Waals surface area contributed by atoms with Gasteiger partial charge in [0, 0.05) is 12.6 Å².